The molecule has 1 aromatic carbocycles. The number of hydrogen-bond donors (Lipinski definition) is 3. The van der Waals surface area contributed by atoms with Crippen molar-refractivity contribution < 1.29 is 34.4 Å². The Morgan fingerprint density at radius 1 is 1.21 bits per heavy atom. The van der Waals surface area contributed by atoms with Crippen molar-refractivity contribution in [1.82, 2.24) is 0 Å². The van der Waals surface area contributed by atoms with E-state index in [0.29, 0.717) is 15.8 Å². The van der Waals surface area contributed by atoms with Gasteiger partial charge < -0.3 is 24.8 Å². The van der Waals surface area contributed by atoms with Gasteiger partial charge in [0, 0.05) is 17.5 Å². The normalized spacial score (nSPS) is 28.6. The molecule has 0 saturated heterocycles. The lowest BCUT2D eigenvalue weighted by molar-refractivity contribution is -0.127. The summed E-state index contributed by atoms with van der Waals surface area (Å²) in [6.07, 6.45) is 2.09. The predicted molar refractivity (Wildman–Crippen MR) is 106 cm³/mol. The van der Waals surface area contributed by atoms with Crippen LogP contribution in [0.15, 0.2) is 28.8 Å². The molecule has 0 bridgehead atoms. The third kappa shape index (κ3) is 4.81. The molecular weight excluding hydrogens is 432 g/mol. The maximum absolute atomic E-state index is 12.7. The van der Waals surface area contributed by atoms with Crippen molar-refractivity contribution in [1.29, 1.82) is 0 Å². The number of aliphatic hydroxyl groups excluding tert-OH is 2. The summed E-state index contributed by atoms with van der Waals surface area (Å²) in [5.41, 5.74) is 0.234. The molecule has 152 valence electrons. The molecule has 1 aliphatic heterocycles. The summed E-state index contributed by atoms with van der Waals surface area (Å²) < 4.78 is 11.1. The first-order chi connectivity index (χ1) is 13.2. The Morgan fingerprint density at radius 2 is 1.89 bits per heavy atom. The van der Waals surface area contributed by atoms with Crippen LogP contribution in [0.4, 0.5) is 0 Å². The quantitative estimate of drug-likeness (QED) is 0.558. The van der Waals surface area contributed by atoms with E-state index in [2.05, 4.69) is 15.9 Å². The lowest BCUT2D eigenvalue weighted by atomic mass is 9.99. The smallest absolute Gasteiger partial charge is 0.342 e. The van der Waals surface area contributed by atoms with Gasteiger partial charge in [0.2, 0.25) is 0 Å². The van der Waals surface area contributed by atoms with Gasteiger partial charge in [0.05, 0.1) is 17.7 Å². The Labute approximate surface area is 171 Å². The van der Waals surface area contributed by atoms with Crippen molar-refractivity contribution in [2.45, 2.75) is 38.6 Å². The van der Waals surface area contributed by atoms with E-state index in [1.807, 2.05) is 0 Å². The summed E-state index contributed by atoms with van der Waals surface area (Å²) >= 11 is 3.35. The molecule has 0 aliphatic carbocycles. The number of halogens is 1. The van der Waals surface area contributed by atoms with Crippen molar-refractivity contribution in [3.63, 3.8) is 0 Å². The van der Waals surface area contributed by atoms with Crippen LogP contribution in [0.3, 0.4) is 0 Å². The van der Waals surface area contributed by atoms with Gasteiger partial charge >= 0.3 is 5.97 Å². The molecule has 2 rings (SSSR count). The van der Waals surface area contributed by atoms with Crippen LogP contribution < -0.4 is 4.74 Å². The number of benzene rings is 1. The highest BCUT2D eigenvalue weighted by Crippen LogP contribution is 2.38. The fourth-order valence-corrected chi connectivity index (χ4v) is 3.25. The van der Waals surface area contributed by atoms with Gasteiger partial charge in [0.25, 0.3) is 0 Å². The number of hydrogen-bond acceptors (Lipinski definition) is 7. The van der Waals surface area contributed by atoms with Gasteiger partial charge in [-0.2, -0.15) is 0 Å². The van der Waals surface area contributed by atoms with Crippen LogP contribution in [-0.2, 0) is 9.53 Å². The second-order valence-electron chi connectivity index (χ2n) is 6.58. The first kappa shape index (κ1) is 22.1. The Balaban J connectivity index is 2.58. The molecule has 1 aliphatic rings. The second-order valence-corrected chi connectivity index (χ2v) is 7.37. The van der Waals surface area contributed by atoms with E-state index >= 15 is 0 Å². The molecule has 3 N–H and O–H groups in total. The van der Waals surface area contributed by atoms with E-state index in [9.17, 15) is 24.9 Å². The number of esters is 1. The predicted octanol–water partition coefficient (Wildman–Crippen LogP) is 2.61. The molecule has 0 amide bonds. The number of methoxy groups -OCH3 is 1. The van der Waals surface area contributed by atoms with Gasteiger partial charge in [0.1, 0.15) is 29.3 Å². The van der Waals surface area contributed by atoms with E-state index in [-0.39, 0.29) is 23.7 Å². The lowest BCUT2D eigenvalue weighted by Crippen LogP contribution is -2.32. The highest BCUT2D eigenvalue weighted by molar-refractivity contribution is 9.10. The Morgan fingerprint density at radius 3 is 2.54 bits per heavy atom. The molecule has 0 unspecified atom stereocenters. The molecule has 4 atom stereocenters. The van der Waals surface area contributed by atoms with E-state index in [0.717, 1.165) is 0 Å². The van der Waals surface area contributed by atoms with Crippen LogP contribution >= 0.6 is 15.9 Å². The Bertz CT molecular complexity index is 815. The standard InChI is InChI=1S/C20H23BrO7/c1-10-7-8-14(23)19(25)13(22)6-4-5-12-17(20(26)28-11(10)2)15(24)9-16(27-3)18(12)21/h4-5,7-11,13,19,22,24-25H,6H2,1-3H3/b5-4+,8-7-/t10-,11+,13+,19+/m1/s1. The molecule has 0 saturated carbocycles. The number of rotatable bonds is 1. The van der Waals surface area contributed by atoms with Gasteiger partial charge in [-0.05, 0) is 35.4 Å². The zero-order valence-electron chi connectivity index (χ0n) is 15.8. The number of aliphatic hydroxyl groups is 2. The Hall–Kier alpha value is -2.16. The Kier molecular flexibility index (Phi) is 7.40. The first-order valence-corrected chi connectivity index (χ1v) is 9.51. The van der Waals surface area contributed by atoms with Gasteiger partial charge in [-0.1, -0.05) is 25.2 Å². The molecule has 1 aromatic rings. The van der Waals surface area contributed by atoms with Crippen molar-refractivity contribution >= 4 is 33.8 Å². The highest BCUT2D eigenvalue weighted by atomic mass is 79.9. The number of aromatic hydroxyl groups is 1. The molecule has 1 heterocycles. The van der Waals surface area contributed by atoms with E-state index < -0.39 is 30.1 Å². The molecule has 8 heteroatoms. The number of ketones is 1. The van der Waals surface area contributed by atoms with Crippen molar-refractivity contribution in [3.8, 4) is 11.5 Å². The van der Waals surface area contributed by atoms with Crippen molar-refractivity contribution in [2.24, 2.45) is 5.92 Å². The van der Waals surface area contributed by atoms with Gasteiger partial charge in [-0.25, -0.2) is 4.79 Å². The van der Waals surface area contributed by atoms with Gasteiger partial charge in [0.15, 0.2) is 5.78 Å². The minimum absolute atomic E-state index is 0.0500. The molecular formula is C20H23BrO7. The van der Waals surface area contributed by atoms with Gasteiger partial charge in [-0.15, -0.1) is 0 Å². The van der Waals surface area contributed by atoms with Crippen LogP contribution in [0.1, 0.15) is 36.2 Å². The molecule has 7 nitrogen and oxygen atoms in total. The summed E-state index contributed by atoms with van der Waals surface area (Å²) in [6, 6.07) is 1.30. The SMILES string of the molecule is COc1cc(O)c2c(c1Br)/C=C/C[C@H](O)[C@H](O)C(=O)/C=C\[C@@H](C)[C@H](C)OC2=O. The minimum atomic E-state index is -1.57. The second kappa shape index (κ2) is 9.36. The first-order valence-electron chi connectivity index (χ1n) is 8.72. The van der Waals surface area contributed by atoms with Crippen molar-refractivity contribution in [3.05, 3.63) is 39.9 Å². The van der Waals surface area contributed by atoms with Gasteiger partial charge in [-0.3, -0.25) is 4.79 Å². The average molecular weight is 455 g/mol. The van der Waals surface area contributed by atoms with Crippen LogP contribution in [-0.4, -0.2) is 52.5 Å². The largest absolute Gasteiger partial charge is 0.507 e. The summed E-state index contributed by atoms with van der Waals surface area (Å²) in [4.78, 5) is 24.7. The zero-order chi connectivity index (χ0) is 21.0. The number of carbonyl (C=O) groups is 2. The average Bonchev–Trinajstić information content (AvgIpc) is 2.66. The maximum atomic E-state index is 12.7. The molecule has 28 heavy (non-hydrogen) atoms. The fraction of sp³-hybridized carbons (Fsp3) is 0.400. The van der Waals surface area contributed by atoms with Crippen LogP contribution in [0.25, 0.3) is 6.08 Å². The third-order valence-corrected chi connectivity index (χ3v) is 5.40. The maximum Gasteiger partial charge on any atom is 0.342 e. The number of phenols is 1. The van der Waals surface area contributed by atoms with Crippen LogP contribution in [0.2, 0.25) is 0 Å². The number of fused-ring (bicyclic) bond motifs is 1. The highest BCUT2D eigenvalue weighted by Gasteiger charge is 2.26. The summed E-state index contributed by atoms with van der Waals surface area (Å²) in [7, 11) is 1.42. The summed E-state index contributed by atoms with van der Waals surface area (Å²) in [5.74, 6) is -1.73. The fourth-order valence-electron chi connectivity index (χ4n) is 2.64. The van der Waals surface area contributed by atoms with Crippen molar-refractivity contribution in [2.75, 3.05) is 7.11 Å². The number of cyclic esters (lactones) is 1. The molecule has 0 aromatic heterocycles. The monoisotopic (exact) mass is 454 g/mol. The summed E-state index contributed by atoms with van der Waals surface area (Å²) in [5, 5.41) is 30.4. The van der Waals surface area contributed by atoms with Crippen LogP contribution in [0, 0.1) is 5.92 Å². The molecule has 0 spiro atoms. The lowest BCUT2D eigenvalue weighted by Gasteiger charge is -2.20. The number of phenolic OH excluding ortho intramolecular Hbond substituents is 1. The molecule has 0 radical (unpaired) electrons. The summed E-state index contributed by atoms with van der Waals surface area (Å²) in [6.45, 7) is 3.39. The molecule has 0 fully saturated rings. The topological polar surface area (TPSA) is 113 Å². The number of ether oxygens (including phenoxy) is 2. The number of carbonyl (C=O) groups excluding carboxylic acids is 2. The van der Waals surface area contributed by atoms with E-state index in [4.69, 9.17) is 9.47 Å². The minimum Gasteiger partial charge on any atom is -0.507 e. The van der Waals surface area contributed by atoms with E-state index in [1.165, 1.54) is 37.5 Å². The zero-order valence-corrected chi connectivity index (χ0v) is 17.3. The van der Waals surface area contributed by atoms with Crippen LogP contribution in [0.5, 0.6) is 11.5 Å². The van der Waals surface area contributed by atoms with E-state index in [1.54, 1.807) is 13.8 Å². The third-order valence-electron chi connectivity index (χ3n) is 4.59.